The van der Waals surface area contributed by atoms with Crippen molar-refractivity contribution in [3.63, 3.8) is 0 Å². The molecule has 2 fully saturated rings. The maximum atomic E-state index is 12.6. The predicted molar refractivity (Wildman–Crippen MR) is 124 cm³/mol. The Morgan fingerprint density at radius 2 is 1.91 bits per heavy atom. The number of primary amides is 1. The number of aromatic nitrogens is 3. The number of ether oxygens (including phenoxy) is 2. The summed E-state index contributed by atoms with van der Waals surface area (Å²) in [6, 6.07) is 7.36. The van der Waals surface area contributed by atoms with E-state index < -0.39 is 5.91 Å². The molecule has 0 bridgehead atoms. The summed E-state index contributed by atoms with van der Waals surface area (Å²) >= 11 is 0. The average Bonchev–Trinajstić information content (AvgIpc) is 3.44. The number of nitrogens with two attached hydrogens (primary N) is 1. The molecule has 1 amide bonds. The van der Waals surface area contributed by atoms with E-state index in [0.29, 0.717) is 34.6 Å². The monoisotopic (exact) mass is 452 g/mol. The minimum absolute atomic E-state index is 0.00272. The quantitative estimate of drug-likeness (QED) is 0.476. The third-order valence-electron chi connectivity index (χ3n) is 6.33. The topological polar surface area (TPSA) is 127 Å². The fourth-order valence-corrected chi connectivity index (χ4v) is 4.47. The van der Waals surface area contributed by atoms with E-state index in [2.05, 4.69) is 10.2 Å². The van der Waals surface area contributed by atoms with Crippen molar-refractivity contribution in [3.05, 3.63) is 35.5 Å². The van der Waals surface area contributed by atoms with Gasteiger partial charge in [-0.15, -0.1) is 5.10 Å². The maximum Gasteiger partial charge on any atom is 0.256 e. The van der Waals surface area contributed by atoms with E-state index in [-0.39, 0.29) is 18.2 Å². The highest BCUT2D eigenvalue weighted by atomic mass is 16.5. The van der Waals surface area contributed by atoms with E-state index >= 15 is 0 Å². The molecule has 4 N–H and O–H groups in total. The number of hydrogen-bond acceptors (Lipinski definition) is 8. The van der Waals surface area contributed by atoms with Gasteiger partial charge in [0.05, 0.1) is 26.9 Å². The van der Waals surface area contributed by atoms with Crippen LogP contribution in [0.5, 0.6) is 11.5 Å². The van der Waals surface area contributed by atoms with Gasteiger partial charge in [-0.25, -0.2) is 4.98 Å². The van der Waals surface area contributed by atoms with Gasteiger partial charge in [0.2, 0.25) is 0 Å². The number of fused-ring (bicyclic) bond motifs is 1. The number of carbonyl (C=O) groups excluding carboxylic acids is 1. The van der Waals surface area contributed by atoms with Gasteiger partial charge in [0.15, 0.2) is 11.5 Å². The summed E-state index contributed by atoms with van der Waals surface area (Å²) in [6.45, 7) is 0.858. The molecule has 1 atom stereocenters. The van der Waals surface area contributed by atoms with Crippen LogP contribution in [0.15, 0.2) is 24.3 Å². The summed E-state index contributed by atoms with van der Waals surface area (Å²) in [4.78, 5) is 19.5. The number of methoxy groups -OCH3 is 2. The molecule has 0 spiro atoms. The van der Waals surface area contributed by atoms with Crippen LogP contribution in [0.25, 0.3) is 5.65 Å². The lowest BCUT2D eigenvalue weighted by molar-refractivity contribution is 0.100. The van der Waals surface area contributed by atoms with Crippen molar-refractivity contribution in [1.29, 1.82) is 0 Å². The Labute approximate surface area is 191 Å². The molecule has 0 unspecified atom stereocenters. The normalized spacial score (nSPS) is 18.0. The van der Waals surface area contributed by atoms with Crippen LogP contribution in [0.2, 0.25) is 0 Å². The van der Waals surface area contributed by atoms with Crippen molar-refractivity contribution in [3.8, 4) is 11.5 Å². The lowest BCUT2D eigenvalue weighted by atomic mass is 10.2. The average molecular weight is 453 g/mol. The molecular formula is C23H28N6O4. The molecule has 1 aliphatic carbocycles. The summed E-state index contributed by atoms with van der Waals surface area (Å²) in [5.41, 5.74) is 8.02. The number of nitrogens with one attached hydrogen (secondary N) is 1. The Morgan fingerprint density at radius 1 is 1.18 bits per heavy atom. The van der Waals surface area contributed by atoms with Crippen LogP contribution < -0.4 is 25.4 Å². The van der Waals surface area contributed by atoms with E-state index in [1.54, 1.807) is 36.9 Å². The summed E-state index contributed by atoms with van der Waals surface area (Å²) in [5, 5.41) is 17.8. The second kappa shape index (κ2) is 8.43. The maximum absolute atomic E-state index is 12.6. The van der Waals surface area contributed by atoms with E-state index in [1.165, 1.54) is 0 Å². The minimum atomic E-state index is -0.617. The molecular weight excluding hydrogens is 424 g/mol. The van der Waals surface area contributed by atoms with Gasteiger partial charge in [-0.3, -0.25) is 4.79 Å². The first-order valence-corrected chi connectivity index (χ1v) is 11.1. The largest absolute Gasteiger partial charge is 0.497 e. The standard InChI is InChI=1S/C23H28N6O4/c1-32-16-8-14(9-17(10-16)33-2)25-22-20(21(24)31)23-26-18(13-5-6-13)11-19(29(23)27-22)28-7-3-4-15(28)12-30/h8-11,13,15,30H,3-7,12H2,1-2H3,(H2,24,31)(H,25,27)/t15-/m1/s1. The fraction of sp³-hybridized carbons (Fsp3) is 0.435. The smallest absolute Gasteiger partial charge is 0.256 e. The molecule has 1 saturated heterocycles. The molecule has 1 saturated carbocycles. The van der Waals surface area contributed by atoms with Gasteiger partial charge in [0.25, 0.3) is 5.91 Å². The molecule has 33 heavy (non-hydrogen) atoms. The summed E-state index contributed by atoms with van der Waals surface area (Å²) in [7, 11) is 3.14. The highest BCUT2D eigenvalue weighted by molar-refractivity contribution is 6.04. The van der Waals surface area contributed by atoms with Crippen molar-refractivity contribution in [2.45, 2.75) is 37.6 Å². The second-order valence-electron chi connectivity index (χ2n) is 8.54. The van der Waals surface area contributed by atoms with Crippen LogP contribution in [-0.2, 0) is 0 Å². The van der Waals surface area contributed by atoms with Gasteiger partial charge in [-0.2, -0.15) is 4.52 Å². The van der Waals surface area contributed by atoms with Crippen molar-refractivity contribution in [2.75, 3.05) is 37.6 Å². The van der Waals surface area contributed by atoms with Crippen LogP contribution in [0.4, 0.5) is 17.3 Å². The molecule has 174 valence electrons. The van der Waals surface area contributed by atoms with Gasteiger partial charge in [0, 0.05) is 48.1 Å². The zero-order valence-corrected chi connectivity index (χ0v) is 18.7. The third-order valence-corrected chi connectivity index (χ3v) is 6.33. The number of aliphatic hydroxyl groups excluding tert-OH is 1. The number of aliphatic hydroxyl groups is 1. The van der Waals surface area contributed by atoms with E-state index in [1.807, 2.05) is 6.07 Å². The zero-order valence-electron chi connectivity index (χ0n) is 18.7. The number of benzene rings is 1. The summed E-state index contributed by atoms with van der Waals surface area (Å²) in [5.74, 6) is 2.07. The molecule has 3 aromatic rings. The van der Waals surface area contributed by atoms with E-state index in [9.17, 15) is 9.90 Å². The highest BCUT2D eigenvalue weighted by Crippen LogP contribution is 2.42. The Balaban J connectivity index is 1.66. The van der Waals surface area contributed by atoms with Gasteiger partial charge in [0.1, 0.15) is 22.9 Å². The molecule has 1 aliphatic heterocycles. The molecule has 5 rings (SSSR count). The van der Waals surface area contributed by atoms with Crippen molar-refractivity contribution in [2.24, 2.45) is 5.73 Å². The molecule has 2 aliphatic rings. The molecule has 3 heterocycles. The fourth-order valence-electron chi connectivity index (χ4n) is 4.47. The number of hydrogen-bond donors (Lipinski definition) is 3. The van der Waals surface area contributed by atoms with Crippen molar-refractivity contribution in [1.82, 2.24) is 14.6 Å². The number of carbonyl (C=O) groups is 1. The number of rotatable bonds is 8. The van der Waals surface area contributed by atoms with E-state index in [4.69, 9.17) is 25.3 Å². The van der Waals surface area contributed by atoms with Crippen LogP contribution >= 0.6 is 0 Å². The predicted octanol–water partition coefficient (Wildman–Crippen LogP) is 2.43. The SMILES string of the molecule is COc1cc(Nc2nn3c(N4CCC[C@@H]4CO)cc(C4CC4)nc3c2C(N)=O)cc(OC)c1. The van der Waals surface area contributed by atoms with Crippen LogP contribution in [0.1, 0.15) is 47.7 Å². The lowest BCUT2D eigenvalue weighted by Crippen LogP contribution is -2.33. The first-order chi connectivity index (χ1) is 16.0. The van der Waals surface area contributed by atoms with Gasteiger partial charge in [-0.1, -0.05) is 0 Å². The molecule has 1 aromatic carbocycles. The van der Waals surface area contributed by atoms with Crippen LogP contribution in [-0.4, -0.2) is 59.0 Å². The van der Waals surface area contributed by atoms with Crippen molar-refractivity contribution >= 4 is 28.9 Å². The lowest BCUT2D eigenvalue weighted by Gasteiger charge is -2.26. The molecule has 2 aromatic heterocycles. The van der Waals surface area contributed by atoms with E-state index in [0.717, 1.165) is 43.7 Å². The summed E-state index contributed by atoms with van der Waals surface area (Å²) < 4.78 is 12.4. The molecule has 10 nitrogen and oxygen atoms in total. The zero-order chi connectivity index (χ0) is 23.1. The Morgan fingerprint density at radius 3 is 2.52 bits per heavy atom. The highest BCUT2D eigenvalue weighted by Gasteiger charge is 2.32. The van der Waals surface area contributed by atoms with Gasteiger partial charge in [-0.05, 0) is 25.7 Å². The van der Waals surface area contributed by atoms with Gasteiger partial charge >= 0.3 is 0 Å². The number of nitrogens with zero attached hydrogens (tertiary/aromatic N) is 4. The first kappa shape index (κ1) is 21.3. The molecule has 10 heteroatoms. The van der Waals surface area contributed by atoms with Crippen molar-refractivity contribution < 1.29 is 19.4 Å². The Bertz CT molecular complexity index is 1180. The molecule has 0 radical (unpaired) electrons. The number of amides is 1. The Kier molecular flexibility index (Phi) is 5.45. The van der Waals surface area contributed by atoms with Gasteiger partial charge < -0.3 is 30.5 Å². The summed E-state index contributed by atoms with van der Waals surface area (Å²) in [6.07, 6.45) is 4.02. The third kappa shape index (κ3) is 3.91. The second-order valence-corrected chi connectivity index (χ2v) is 8.54. The Hall–Kier alpha value is -3.53. The number of anilines is 3. The van der Waals surface area contributed by atoms with Crippen LogP contribution in [0.3, 0.4) is 0 Å². The minimum Gasteiger partial charge on any atom is -0.497 e. The van der Waals surface area contributed by atoms with Crippen LogP contribution in [0, 0.1) is 0 Å². The first-order valence-electron chi connectivity index (χ1n) is 11.1.